The Kier molecular flexibility index (Phi) is 7.19. The number of nitrogens with zero attached hydrogens (tertiary/aromatic N) is 3. The Bertz CT molecular complexity index is 852. The Labute approximate surface area is 175 Å². The van der Waals surface area contributed by atoms with Crippen molar-refractivity contribution in [3.63, 3.8) is 0 Å². The number of hydrogen-bond donors (Lipinski definition) is 1. The van der Waals surface area contributed by atoms with Crippen molar-refractivity contribution in [2.45, 2.75) is 52.6 Å². The first-order valence-corrected chi connectivity index (χ1v) is 10.9. The number of carbonyl (C=O) groups excluding carboxylic acids is 2. The Balaban J connectivity index is 1.49. The van der Waals surface area contributed by atoms with Crippen LogP contribution in [0.1, 0.15) is 44.2 Å². The molecule has 1 aliphatic rings. The highest BCUT2D eigenvalue weighted by atomic mass is 32.1. The zero-order valence-corrected chi connectivity index (χ0v) is 18.0. The molecule has 8 heteroatoms. The van der Waals surface area contributed by atoms with Crippen LogP contribution in [0.2, 0.25) is 0 Å². The van der Waals surface area contributed by atoms with Gasteiger partial charge in [0.05, 0.1) is 12.0 Å². The fourth-order valence-corrected chi connectivity index (χ4v) is 4.22. The number of carbonyl (C=O) groups is 2. The van der Waals surface area contributed by atoms with Gasteiger partial charge in [0.25, 0.3) is 0 Å². The van der Waals surface area contributed by atoms with Crippen LogP contribution >= 0.6 is 11.3 Å². The molecule has 0 radical (unpaired) electrons. The number of nitrogens with one attached hydrogen (secondary N) is 1. The molecule has 1 atom stereocenters. The van der Waals surface area contributed by atoms with Crippen LogP contribution in [0.5, 0.6) is 5.75 Å². The molecule has 29 heavy (non-hydrogen) atoms. The van der Waals surface area contributed by atoms with Gasteiger partial charge in [0.2, 0.25) is 16.9 Å². The molecule has 1 N–H and O–H groups in total. The van der Waals surface area contributed by atoms with Gasteiger partial charge in [-0.2, -0.15) is 0 Å². The smallest absolute Gasteiger partial charge is 0.229 e. The fourth-order valence-electron chi connectivity index (χ4n) is 3.26. The molecule has 0 aliphatic carbocycles. The molecular weight excluding hydrogens is 388 g/mol. The molecule has 1 aromatic heterocycles. The van der Waals surface area contributed by atoms with Gasteiger partial charge in [0.15, 0.2) is 0 Å². The van der Waals surface area contributed by atoms with E-state index in [-0.39, 0.29) is 30.3 Å². The largest absolute Gasteiger partial charge is 0.491 e. The third-order valence-corrected chi connectivity index (χ3v) is 5.64. The second kappa shape index (κ2) is 9.82. The van der Waals surface area contributed by atoms with Gasteiger partial charge in [0.1, 0.15) is 10.8 Å². The summed E-state index contributed by atoms with van der Waals surface area (Å²) in [6.45, 7) is 6.95. The van der Waals surface area contributed by atoms with Crippen molar-refractivity contribution in [3.05, 3.63) is 34.8 Å². The predicted octanol–water partition coefficient (Wildman–Crippen LogP) is 2.99. The maximum absolute atomic E-state index is 12.5. The summed E-state index contributed by atoms with van der Waals surface area (Å²) in [6.07, 6.45) is 2.89. The van der Waals surface area contributed by atoms with E-state index in [9.17, 15) is 9.59 Å². The number of amides is 2. The standard InChI is InChI=1S/C21H28N4O3S/c1-4-6-18-23-24-21(29-18)25-13-16(12-19(25)26)20(27)22-10-9-15-7-5-8-17(11-15)28-14(2)3/h5,7-8,11,14,16H,4,6,9-10,12-13H2,1-3H3,(H,22,27). The van der Waals surface area contributed by atoms with Crippen LogP contribution in [0.25, 0.3) is 0 Å². The molecule has 1 aliphatic heterocycles. The number of ether oxygens (including phenoxy) is 1. The van der Waals surface area contributed by atoms with Gasteiger partial charge in [0, 0.05) is 25.9 Å². The van der Waals surface area contributed by atoms with Crippen molar-refractivity contribution < 1.29 is 14.3 Å². The van der Waals surface area contributed by atoms with Crippen molar-refractivity contribution >= 4 is 28.3 Å². The van der Waals surface area contributed by atoms with E-state index in [1.165, 1.54) is 11.3 Å². The summed E-state index contributed by atoms with van der Waals surface area (Å²) in [7, 11) is 0. The summed E-state index contributed by atoms with van der Waals surface area (Å²) in [6, 6.07) is 7.90. The van der Waals surface area contributed by atoms with Gasteiger partial charge < -0.3 is 10.1 Å². The first kappa shape index (κ1) is 21.2. The van der Waals surface area contributed by atoms with Crippen LogP contribution in [0.15, 0.2) is 24.3 Å². The van der Waals surface area contributed by atoms with Gasteiger partial charge in [-0.05, 0) is 44.4 Å². The molecule has 1 saturated heterocycles. The lowest BCUT2D eigenvalue weighted by Gasteiger charge is -2.13. The number of rotatable bonds is 9. The molecule has 3 rings (SSSR count). The third-order valence-electron chi connectivity index (χ3n) is 4.63. The molecule has 2 aromatic rings. The molecule has 2 amide bonds. The minimum atomic E-state index is -0.350. The van der Waals surface area contributed by atoms with Crippen LogP contribution in [0, 0.1) is 5.92 Å². The highest BCUT2D eigenvalue weighted by molar-refractivity contribution is 7.15. The average molecular weight is 417 g/mol. The van der Waals surface area contributed by atoms with Crippen molar-refractivity contribution in [1.82, 2.24) is 15.5 Å². The highest BCUT2D eigenvalue weighted by Crippen LogP contribution is 2.28. The van der Waals surface area contributed by atoms with Gasteiger partial charge >= 0.3 is 0 Å². The number of aromatic nitrogens is 2. The first-order valence-electron chi connectivity index (χ1n) is 10.1. The molecule has 2 heterocycles. The Hall–Kier alpha value is -2.48. The zero-order chi connectivity index (χ0) is 20.8. The van der Waals surface area contributed by atoms with Crippen LogP contribution in [0.4, 0.5) is 5.13 Å². The van der Waals surface area contributed by atoms with Crippen molar-refractivity contribution in [2.24, 2.45) is 5.92 Å². The Morgan fingerprint density at radius 3 is 2.93 bits per heavy atom. The van der Waals surface area contributed by atoms with E-state index in [0.717, 1.165) is 29.2 Å². The van der Waals surface area contributed by atoms with Gasteiger partial charge in [-0.3, -0.25) is 14.5 Å². The fraction of sp³-hybridized carbons (Fsp3) is 0.524. The highest BCUT2D eigenvalue weighted by Gasteiger charge is 2.36. The van der Waals surface area contributed by atoms with E-state index < -0.39 is 0 Å². The molecule has 7 nitrogen and oxygen atoms in total. The normalized spacial score (nSPS) is 16.5. The van der Waals surface area contributed by atoms with Gasteiger partial charge in [-0.1, -0.05) is 30.4 Å². The lowest BCUT2D eigenvalue weighted by Crippen LogP contribution is -2.34. The molecule has 0 bridgehead atoms. The molecular formula is C21H28N4O3S. The summed E-state index contributed by atoms with van der Waals surface area (Å²) in [5.41, 5.74) is 1.10. The summed E-state index contributed by atoms with van der Waals surface area (Å²) in [5, 5.41) is 12.7. The number of anilines is 1. The third kappa shape index (κ3) is 5.76. The summed E-state index contributed by atoms with van der Waals surface area (Å²) < 4.78 is 5.71. The molecule has 156 valence electrons. The van der Waals surface area contributed by atoms with Crippen molar-refractivity contribution in [2.75, 3.05) is 18.0 Å². The average Bonchev–Trinajstić information content (AvgIpc) is 3.28. The maximum Gasteiger partial charge on any atom is 0.229 e. The molecule has 0 saturated carbocycles. The lowest BCUT2D eigenvalue weighted by molar-refractivity contribution is -0.126. The van der Waals surface area contributed by atoms with Crippen LogP contribution in [0.3, 0.4) is 0 Å². The maximum atomic E-state index is 12.5. The number of aryl methyl sites for hydroxylation is 1. The van der Waals surface area contributed by atoms with E-state index in [1.807, 2.05) is 38.1 Å². The number of hydrogen-bond acceptors (Lipinski definition) is 6. The number of benzene rings is 1. The van der Waals surface area contributed by atoms with Crippen LogP contribution < -0.4 is 15.0 Å². The molecule has 1 fully saturated rings. The van der Waals surface area contributed by atoms with E-state index in [2.05, 4.69) is 22.4 Å². The minimum Gasteiger partial charge on any atom is -0.491 e. The summed E-state index contributed by atoms with van der Waals surface area (Å²) in [4.78, 5) is 26.5. The SMILES string of the molecule is CCCc1nnc(N2CC(C(=O)NCCc3cccc(OC(C)C)c3)CC2=O)s1. The van der Waals surface area contributed by atoms with Crippen LogP contribution in [-0.2, 0) is 22.4 Å². The van der Waals surface area contributed by atoms with Crippen molar-refractivity contribution in [3.8, 4) is 5.75 Å². The van der Waals surface area contributed by atoms with Gasteiger partial charge in [-0.25, -0.2) is 0 Å². The van der Waals surface area contributed by atoms with E-state index in [4.69, 9.17) is 4.74 Å². The molecule has 1 unspecified atom stereocenters. The van der Waals surface area contributed by atoms with E-state index >= 15 is 0 Å². The van der Waals surface area contributed by atoms with Crippen molar-refractivity contribution in [1.29, 1.82) is 0 Å². The Morgan fingerprint density at radius 2 is 2.17 bits per heavy atom. The van der Waals surface area contributed by atoms with E-state index in [0.29, 0.717) is 24.6 Å². The Morgan fingerprint density at radius 1 is 1.34 bits per heavy atom. The second-order valence-corrected chi connectivity index (χ2v) is 8.53. The monoisotopic (exact) mass is 416 g/mol. The lowest BCUT2D eigenvalue weighted by atomic mass is 10.1. The zero-order valence-electron chi connectivity index (χ0n) is 17.2. The van der Waals surface area contributed by atoms with Crippen LogP contribution in [-0.4, -0.2) is 41.2 Å². The van der Waals surface area contributed by atoms with Gasteiger partial charge in [-0.15, -0.1) is 10.2 Å². The summed E-state index contributed by atoms with van der Waals surface area (Å²) >= 11 is 1.43. The minimum absolute atomic E-state index is 0.0668. The second-order valence-electron chi connectivity index (χ2n) is 7.49. The first-order chi connectivity index (χ1) is 14.0. The predicted molar refractivity (Wildman–Crippen MR) is 113 cm³/mol. The molecule has 0 spiro atoms. The summed E-state index contributed by atoms with van der Waals surface area (Å²) in [5.74, 6) is 0.327. The quantitative estimate of drug-likeness (QED) is 0.679. The van der Waals surface area contributed by atoms with E-state index in [1.54, 1.807) is 4.90 Å². The molecule has 1 aromatic carbocycles. The topological polar surface area (TPSA) is 84.4 Å².